The summed E-state index contributed by atoms with van der Waals surface area (Å²) in [5.41, 5.74) is 1.83. The van der Waals surface area contributed by atoms with Crippen LogP contribution in [0.3, 0.4) is 0 Å². The van der Waals surface area contributed by atoms with Crippen molar-refractivity contribution in [3.05, 3.63) is 50.2 Å². The van der Waals surface area contributed by atoms with Crippen molar-refractivity contribution in [1.82, 2.24) is 19.1 Å². The van der Waals surface area contributed by atoms with Gasteiger partial charge in [0.15, 0.2) is 11.5 Å². The summed E-state index contributed by atoms with van der Waals surface area (Å²) in [7, 11) is 2.89. The SMILES string of the molecule is CC[C@H](Sc1nc(-c2cc(C)cc(C)c2)nc2c1c(=O)n(C)c(=O)n2C)C(=O)[O-]. The second kappa shape index (κ2) is 7.82. The van der Waals surface area contributed by atoms with Gasteiger partial charge in [0.2, 0.25) is 0 Å². The summed E-state index contributed by atoms with van der Waals surface area (Å²) >= 11 is 0.939. The molecule has 0 aliphatic rings. The molecule has 2 aromatic heterocycles. The van der Waals surface area contributed by atoms with Gasteiger partial charge in [-0.3, -0.25) is 13.9 Å². The Hall–Kier alpha value is -2.94. The van der Waals surface area contributed by atoms with Gasteiger partial charge in [-0.15, -0.1) is 0 Å². The third-order valence-corrected chi connectivity index (χ3v) is 5.96. The molecule has 3 aromatic rings. The van der Waals surface area contributed by atoms with Crippen LogP contribution in [0.25, 0.3) is 22.4 Å². The molecule has 1 atom stereocenters. The van der Waals surface area contributed by atoms with E-state index in [0.717, 1.165) is 33.0 Å². The van der Waals surface area contributed by atoms with Gasteiger partial charge < -0.3 is 9.90 Å². The minimum absolute atomic E-state index is 0.118. The lowest BCUT2D eigenvalue weighted by Crippen LogP contribution is -2.38. The first kappa shape index (κ1) is 20.8. The number of thioether (sulfide) groups is 1. The largest absolute Gasteiger partial charge is 0.549 e. The molecule has 0 N–H and O–H groups in total. The van der Waals surface area contributed by atoms with E-state index in [1.165, 1.54) is 18.7 Å². The maximum atomic E-state index is 12.8. The van der Waals surface area contributed by atoms with Gasteiger partial charge in [-0.2, -0.15) is 0 Å². The highest BCUT2D eigenvalue weighted by atomic mass is 32.2. The van der Waals surface area contributed by atoms with Crippen LogP contribution < -0.4 is 16.4 Å². The van der Waals surface area contributed by atoms with Crippen LogP contribution in [0, 0.1) is 13.8 Å². The van der Waals surface area contributed by atoms with Crippen LogP contribution in [0.15, 0.2) is 32.8 Å². The van der Waals surface area contributed by atoms with E-state index in [4.69, 9.17) is 0 Å². The number of rotatable bonds is 5. The second-order valence-corrected chi connectivity index (χ2v) is 8.16. The first-order valence-corrected chi connectivity index (χ1v) is 9.96. The summed E-state index contributed by atoms with van der Waals surface area (Å²) in [6.07, 6.45) is 0.295. The third-order valence-electron chi connectivity index (χ3n) is 4.63. The summed E-state index contributed by atoms with van der Waals surface area (Å²) in [6.45, 7) is 5.61. The van der Waals surface area contributed by atoms with Gasteiger partial charge in [-0.05, 0) is 32.4 Å². The lowest BCUT2D eigenvalue weighted by molar-refractivity contribution is -0.304. The molecule has 1 aromatic carbocycles. The fourth-order valence-electron chi connectivity index (χ4n) is 3.18. The van der Waals surface area contributed by atoms with Crippen molar-refractivity contribution in [1.29, 1.82) is 0 Å². The normalized spacial score (nSPS) is 12.3. The number of carbonyl (C=O) groups is 1. The van der Waals surface area contributed by atoms with E-state index in [1.54, 1.807) is 6.92 Å². The molecule has 0 radical (unpaired) electrons. The molecule has 3 rings (SSSR count). The molecular weight excluding hydrogens is 392 g/mol. The van der Waals surface area contributed by atoms with Crippen LogP contribution in [-0.2, 0) is 18.9 Å². The van der Waals surface area contributed by atoms with Gasteiger partial charge in [0.1, 0.15) is 10.4 Å². The Morgan fingerprint density at radius 1 is 1.10 bits per heavy atom. The van der Waals surface area contributed by atoms with Crippen molar-refractivity contribution in [2.45, 2.75) is 37.5 Å². The van der Waals surface area contributed by atoms with Gasteiger partial charge in [0.05, 0.1) is 11.2 Å². The Kier molecular flexibility index (Phi) is 5.61. The van der Waals surface area contributed by atoms with E-state index in [1.807, 2.05) is 32.0 Å². The van der Waals surface area contributed by atoms with Gasteiger partial charge in [-0.25, -0.2) is 14.8 Å². The zero-order valence-corrected chi connectivity index (χ0v) is 17.7. The fraction of sp³-hybridized carbons (Fsp3) is 0.350. The molecular formula is C20H21N4O4S-. The number of benzene rings is 1. The molecule has 0 fully saturated rings. The highest BCUT2D eigenvalue weighted by Gasteiger charge is 2.21. The average molecular weight is 413 g/mol. The highest BCUT2D eigenvalue weighted by molar-refractivity contribution is 8.00. The van der Waals surface area contributed by atoms with Crippen LogP contribution in [0.4, 0.5) is 0 Å². The Morgan fingerprint density at radius 3 is 2.28 bits per heavy atom. The van der Waals surface area contributed by atoms with Crippen LogP contribution in [-0.4, -0.2) is 30.3 Å². The van der Waals surface area contributed by atoms with Gasteiger partial charge in [-0.1, -0.05) is 35.9 Å². The topological polar surface area (TPSA) is 110 Å². The first-order chi connectivity index (χ1) is 13.6. The standard InChI is InChI=1S/C20H22N4O4S/c1-6-13(19(26)27)29-17-14-16(23(4)20(28)24(5)18(14)25)21-15(22-17)12-8-10(2)7-11(3)9-12/h7-9,13H,6H2,1-5H3,(H,26,27)/p-1/t13-/m0/s1. The van der Waals surface area contributed by atoms with Gasteiger partial charge >= 0.3 is 5.69 Å². The Bertz CT molecular complexity index is 1230. The molecule has 0 bridgehead atoms. The number of carboxylic acids is 1. The molecule has 0 aliphatic heterocycles. The molecule has 0 aliphatic carbocycles. The fourth-order valence-corrected chi connectivity index (χ4v) is 4.15. The molecule has 2 heterocycles. The van der Waals surface area contributed by atoms with E-state index in [0.29, 0.717) is 12.2 Å². The summed E-state index contributed by atoms with van der Waals surface area (Å²) in [6, 6.07) is 5.81. The van der Waals surface area contributed by atoms with Crippen molar-refractivity contribution in [3.8, 4) is 11.4 Å². The van der Waals surface area contributed by atoms with E-state index in [9.17, 15) is 19.5 Å². The number of hydrogen-bond donors (Lipinski definition) is 0. The molecule has 29 heavy (non-hydrogen) atoms. The van der Waals surface area contributed by atoms with E-state index in [-0.39, 0.29) is 16.1 Å². The molecule has 8 nitrogen and oxygen atoms in total. The summed E-state index contributed by atoms with van der Waals surface area (Å²) in [5, 5.41) is 10.9. The first-order valence-electron chi connectivity index (χ1n) is 9.08. The maximum absolute atomic E-state index is 12.8. The number of aromatic nitrogens is 4. The average Bonchev–Trinajstić information content (AvgIpc) is 2.67. The van der Waals surface area contributed by atoms with Crippen molar-refractivity contribution in [2.75, 3.05) is 0 Å². The third kappa shape index (κ3) is 3.82. The van der Waals surface area contributed by atoms with Crippen molar-refractivity contribution in [2.24, 2.45) is 14.1 Å². The van der Waals surface area contributed by atoms with Crippen LogP contribution >= 0.6 is 11.8 Å². The van der Waals surface area contributed by atoms with E-state index >= 15 is 0 Å². The number of fused-ring (bicyclic) bond motifs is 1. The van der Waals surface area contributed by atoms with Crippen LogP contribution in [0.1, 0.15) is 24.5 Å². The van der Waals surface area contributed by atoms with E-state index in [2.05, 4.69) is 9.97 Å². The predicted octanol–water partition coefficient (Wildman–Crippen LogP) is 0.932. The molecule has 0 amide bonds. The Balaban J connectivity index is 2.40. The number of carbonyl (C=O) groups excluding carboxylic acids is 1. The maximum Gasteiger partial charge on any atom is 0.332 e. The zero-order chi connectivity index (χ0) is 21.5. The molecule has 0 spiro atoms. The van der Waals surface area contributed by atoms with Crippen LogP contribution in [0.2, 0.25) is 0 Å². The monoisotopic (exact) mass is 413 g/mol. The number of nitrogens with zero attached hydrogens (tertiary/aromatic N) is 4. The number of aryl methyl sites for hydroxylation is 3. The molecule has 9 heteroatoms. The predicted molar refractivity (Wildman–Crippen MR) is 110 cm³/mol. The van der Waals surface area contributed by atoms with Crippen LogP contribution in [0.5, 0.6) is 0 Å². The number of hydrogen-bond acceptors (Lipinski definition) is 7. The Labute approximate surface area is 171 Å². The van der Waals surface area contributed by atoms with Crippen molar-refractivity contribution >= 4 is 28.8 Å². The summed E-state index contributed by atoms with van der Waals surface area (Å²) in [5.74, 6) is -0.915. The van der Waals surface area contributed by atoms with E-state index < -0.39 is 22.5 Å². The van der Waals surface area contributed by atoms with Crippen molar-refractivity contribution < 1.29 is 9.90 Å². The lowest BCUT2D eigenvalue weighted by atomic mass is 10.1. The summed E-state index contributed by atoms with van der Waals surface area (Å²) < 4.78 is 2.24. The Morgan fingerprint density at radius 2 is 1.72 bits per heavy atom. The molecule has 0 unspecified atom stereocenters. The summed E-state index contributed by atoms with van der Waals surface area (Å²) in [4.78, 5) is 45.7. The molecule has 152 valence electrons. The molecule has 0 saturated heterocycles. The van der Waals surface area contributed by atoms with Gasteiger partial charge in [0, 0.05) is 19.7 Å². The highest BCUT2D eigenvalue weighted by Crippen LogP contribution is 2.30. The second-order valence-electron chi connectivity index (χ2n) is 6.97. The minimum Gasteiger partial charge on any atom is -0.549 e. The lowest BCUT2D eigenvalue weighted by Gasteiger charge is -2.17. The van der Waals surface area contributed by atoms with Gasteiger partial charge in [0.25, 0.3) is 5.56 Å². The number of carboxylic acid groups (broad SMARTS) is 1. The quantitative estimate of drug-likeness (QED) is 0.452. The smallest absolute Gasteiger partial charge is 0.332 e. The minimum atomic E-state index is -1.24. The zero-order valence-electron chi connectivity index (χ0n) is 16.8. The molecule has 0 saturated carbocycles. The van der Waals surface area contributed by atoms with Crippen molar-refractivity contribution in [3.63, 3.8) is 0 Å². The number of aliphatic carboxylic acids is 1.